The van der Waals surface area contributed by atoms with Crippen molar-refractivity contribution in [3.05, 3.63) is 0 Å². The van der Waals surface area contributed by atoms with Crippen molar-refractivity contribution < 1.29 is 14.3 Å². The lowest BCUT2D eigenvalue weighted by atomic mass is 9.88. The summed E-state index contributed by atoms with van der Waals surface area (Å²) in [6.45, 7) is 2.01. The lowest BCUT2D eigenvalue weighted by Gasteiger charge is -2.32. The summed E-state index contributed by atoms with van der Waals surface area (Å²) in [7, 11) is 1.42. The fraction of sp³-hybridized carbons (Fsp3) is 0.882. The quantitative estimate of drug-likeness (QED) is 0.616. The zero-order valence-corrected chi connectivity index (χ0v) is 13.6. The van der Waals surface area contributed by atoms with E-state index in [0.717, 1.165) is 58.0 Å². The molecule has 0 aromatic carbocycles. The van der Waals surface area contributed by atoms with Gasteiger partial charge in [-0.2, -0.15) is 0 Å². The van der Waals surface area contributed by atoms with Crippen molar-refractivity contribution in [3.8, 4) is 0 Å². The van der Waals surface area contributed by atoms with Gasteiger partial charge in [-0.1, -0.05) is 25.7 Å². The summed E-state index contributed by atoms with van der Waals surface area (Å²) in [6, 6.07) is 0. The molecule has 3 rings (SSSR count). The van der Waals surface area contributed by atoms with Crippen LogP contribution in [0.25, 0.3) is 0 Å². The van der Waals surface area contributed by atoms with Gasteiger partial charge < -0.3 is 15.4 Å². The van der Waals surface area contributed by atoms with Crippen molar-refractivity contribution in [1.29, 1.82) is 0 Å². The molecule has 1 spiro atoms. The van der Waals surface area contributed by atoms with Crippen LogP contribution in [0.5, 0.6) is 0 Å². The fourth-order valence-electron chi connectivity index (χ4n) is 4.43. The molecule has 1 atom stereocenters. The van der Waals surface area contributed by atoms with Gasteiger partial charge in [0.2, 0.25) is 5.91 Å². The molecule has 1 saturated heterocycles. The van der Waals surface area contributed by atoms with Gasteiger partial charge in [-0.25, -0.2) is 4.79 Å². The summed E-state index contributed by atoms with van der Waals surface area (Å²) in [5.74, 6) is -0.0867. The maximum Gasteiger partial charge on any atom is 0.331 e. The highest BCUT2D eigenvalue weighted by Crippen LogP contribution is 2.58. The molecular formula is C17H28N2O3. The van der Waals surface area contributed by atoms with Crippen LogP contribution in [0.3, 0.4) is 0 Å². The van der Waals surface area contributed by atoms with Gasteiger partial charge in [-0.05, 0) is 50.6 Å². The van der Waals surface area contributed by atoms with E-state index in [1.54, 1.807) is 0 Å². The zero-order chi connectivity index (χ0) is 15.6. The third-order valence-corrected chi connectivity index (χ3v) is 6.00. The van der Waals surface area contributed by atoms with Gasteiger partial charge in [-0.3, -0.25) is 4.79 Å². The van der Waals surface area contributed by atoms with E-state index in [4.69, 9.17) is 4.74 Å². The van der Waals surface area contributed by atoms with Crippen molar-refractivity contribution >= 4 is 11.9 Å². The number of hydrogen-bond acceptors (Lipinski definition) is 4. The van der Waals surface area contributed by atoms with E-state index in [0.29, 0.717) is 12.8 Å². The Morgan fingerprint density at radius 3 is 2.27 bits per heavy atom. The minimum absolute atomic E-state index is 0.0780. The number of carbonyl (C=O) groups is 2. The maximum absolute atomic E-state index is 12.7. The summed E-state index contributed by atoms with van der Waals surface area (Å²) in [4.78, 5) is 25.1. The zero-order valence-electron chi connectivity index (χ0n) is 13.6. The summed E-state index contributed by atoms with van der Waals surface area (Å²) < 4.78 is 5.02. The van der Waals surface area contributed by atoms with Crippen LogP contribution in [0.2, 0.25) is 0 Å². The second-order valence-electron chi connectivity index (χ2n) is 7.35. The van der Waals surface area contributed by atoms with Gasteiger partial charge in [0.25, 0.3) is 0 Å². The number of nitrogens with one attached hydrogen (secondary N) is 2. The third kappa shape index (κ3) is 2.87. The predicted octanol–water partition coefficient (Wildman–Crippen LogP) is 1.76. The van der Waals surface area contributed by atoms with Crippen molar-refractivity contribution in [1.82, 2.24) is 10.6 Å². The molecule has 1 amide bonds. The SMILES string of the molecule is COC(=O)C1(NC(=O)C2CC23CCNCC3)CCCCCC1. The molecule has 5 nitrogen and oxygen atoms in total. The lowest BCUT2D eigenvalue weighted by Crippen LogP contribution is -2.55. The summed E-state index contributed by atoms with van der Waals surface area (Å²) in [6.07, 6.45) is 8.80. The van der Waals surface area contributed by atoms with E-state index in [-0.39, 0.29) is 23.2 Å². The average molecular weight is 308 g/mol. The van der Waals surface area contributed by atoms with Crippen LogP contribution < -0.4 is 10.6 Å². The molecule has 0 aromatic heterocycles. The summed E-state index contributed by atoms with van der Waals surface area (Å²) >= 11 is 0. The van der Waals surface area contributed by atoms with Gasteiger partial charge in [0, 0.05) is 5.92 Å². The number of ether oxygens (including phenoxy) is 1. The molecule has 0 bridgehead atoms. The van der Waals surface area contributed by atoms with Crippen molar-refractivity contribution in [3.63, 3.8) is 0 Å². The van der Waals surface area contributed by atoms with E-state index < -0.39 is 5.54 Å². The Labute approximate surface area is 132 Å². The Morgan fingerprint density at radius 1 is 1.05 bits per heavy atom. The molecule has 2 aliphatic carbocycles. The molecule has 2 saturated carbocycles. The number of esters is 1. The average Bonchev–Trinajstić information content (AvgIpc) is 3.27. The van der Waals surface area contributed by atoms with E-state index in [1.165, 1.54) is 7.11 Å². The standard InChI is InChI=1S/C17H28N2O3/c1-22-15(21)17(6-4-2-3-5-7-17)19-14(20)13-12-16(13)8-10-18-11-9-16/h13,18H,2-12H2,1H3,(H,19,20). The molecule has 3 aliphatic rings. The number of methoxy groups -OCH3 is 1. The molecule has 1 unspecified atom stereocenters. The summed E-state index contributed by atoms with van der Waals surface area (Å²) in [5, 5.41) is 6.48. The second-order valence-corrected chi connectivity index (χ2v) is 7.35. The molecule has 3 fully saturated rings. The molecule has 0 aromatic rings. The topological polar surface area (TPSA) is 67.4 Å². The highest BCUT2D eigenvalue weighted by Gasteiger charge is 2.59. The molecular weight excluding hydrogens is 280 g/mol. The van der Waals surface area contributed by atoms with Gasteiger partial charge >= 0.3 is 5.97 Å². The maximum atomic E-state index is 12.7. The van der Waals surface area contributed by atoms with Crippen LogP contribution in [-0.2, 0) is 14.3 Å². The molecule has 22 heavy (non-hydrogen) atoms. The van der Waals surface area contributed by atoms with Crippen LogP contribution in [-0.4, -0.2) is 37.6 Å². The highest BCUT2D eigenvalue weighted by atomic mass is 16.5. The van der Waals surface area contributed by atoms with Crippen LogP contribution in [0.1, 0.15) is 57.8 Å². The van der Waals surface area contributed by atoms with E-state index in [1.807, 2.05) is 0 Å². The van der Waals surface area contributed by atoms with Crippen LogP contribution >= 0.6 is 0 Å². The van der Waals surface area contributed by atoms with Gasteiger partial charge in [-0.15, -0.1) is 0 Å². The van der Waals surface area contributed by atoms with Gasteiger partial charge in [0.05, 0.1) is 7.11 Å². The Hall–Kier alpha value is -1.10. The first-order valence-corrected chi connectivity index (χ1v) is 8.73. The van der Waals surface area contributed by atoms with E-state index in [9.17, 15) is 9.59 Å². The second kappa shape index (κ2) is 6.19. The molecule has 1 aliphatic heterocycles. The number of carbonyl (C=O) groups excluding carboxylic acids is 2. The molecule has 1 heterocycles. The first-order valence-electron chi connectivity index (χ1n) is 8.73. The number of rotatable bonds is 3. The van der Waals surface area contributed by atoms with E-state index in [2.05, 4.69) is 10.6 Å². The Balaban J connectivity index is 1.68. The van der Waals surface area contributed by atoms with Crippen LogP contribution in [0, 0.1) is 11.3 Å². The number of piperidine rings is 1. The molecule has 124 valence electrons. The minimum atomic E-state index is -0.779. The number of amides is 1. The molecule has 2 N–H and O–H groups in total. The highest BCUT2D eigenvalue weighted by molar-refractivity contribution is 5.90. The van der Waals surface area contributed by atoms with Crippen LogP contribution in [0.15, 0.2) is 0 Å². The Morgan fingerprint density at radius 2 is 1.68 bits per heavy atom. The first-order chi connectivity index (χ1) is 10.6. The molecule has 0 radical (unpaired) electrons. The lowest BCUT2D eigenvalue weighted by molar-refractivity contribution is -0.152. The Kier molecular flexibility index (Phi) is 4.44. The van der Waals surface area contributed by atoms with Crippen LogP contribution in [0.4, 0.5) is 0 Å². The first kappa shape index (κ1) is 15.8. The predicted molar refractivity (Wildman–Crippen MR) is 83.2 cm³/mol. The third-order valence-electron chi connectivity index (χ3n) is 6.00. The largest absolute Gasteiger partial charge is 0.467 e. The normalized spacial score (nSPS) is 29.4. The van der Waals surface area contributed by atoms with Crippen molar-refractivity contribution in [2.45, 2.75) is 63.3 Å². The smallest absolute Gasteiger partial charge is 0.331 e. The summed E-state index contributed by atoms with van der Waals surface area (Å²) in [5.41, 5.74) is -0.573. The number of hydrogen-bond donors (Lipinski definition) is 2. The monoisotopic (exact) mass is 308 g/mol. The van der Waals surface area contributed by atoms with E-state index >= 15 is 0 Å². The van der Waals surface area contributed by atoms with Gasteiger partial charge in [0.1, 0.15) is 5.54 Å². The Bertz CT molecular complexity index is 435. The van der Waals surface area contributed by atoms with Crippen molar-refractivity contribution in [2.24, 2.45) is 11.3 Å². The van der Waals surface area contributed by atoms with Crippen molar-refractivity contribution in [2.75, 3.05) is 20.2 Å². The minimum Gasteiger partial charge on any atom is -0.467 e. The molecule has 5 heteroatoms. The van der Waals surface area contributed by atoms with Gasteiger partial charge in [0.15, 0.2) is 0 Å². The fourth-order valence-corrected chi connectivity index (χ4v) is 4.43.